The first-order valence-corrected chi connectivity index (χ1v) is 17.7. The van der Waals surface area contributed by atoms with Crippen LogP contribution in [0.15, 0.2) is 42.5 Å². The van der Waals surface area contributed by atoms with Gasteiger partial charge in [-0.15, -0.1) is 0 Å². The Labute approximate surface area is 290 Å². The van der Waals surface area contributed by atoms with E-state index in [0.29, 0.717) is 36.0 Å². The molecule has 5 amide bonds. The first-order chi connectivity index (χ1) is 23.6. The first kappa shape index (κ1) is 37.8. The van der Waals surface area contributed by atoms with E-state index in [1.807, 2.05) is 13.8 Å². The number of fused-ring (bicyclic) bond motifs is 1. The van der Waals surface area contributed by atoms with E-state index >= 15 is 0 Å². The lowest BCUT2D eigenvalue weighted by molar-refractivity contribution is -0.0123. The monoisotopic (exact) mass is 681 g/mol. The molecule has 4 rings (SSSR count). The fraction of sp³-hybridized carbons (Fsp3) is 0.595. The minimum absolute atomic E-state index is 0.116. The van der Waals surface area contributed by atoms with Crippen molar-refractivity contribution in [1.29, 1.82) is 0 Å². The molecule has 1 saturated carbocycles. The Kier molecular flexibility index (Phi) is 14.4. The molecule has 0 saturated heterocycles. The van der Waals surface area contributed by atoms with Gasteiger partial charge in [-0.25, -0.2) is 9.59 Å². The number of likely N-dealkylation sites (N-methyl/N-ethyl adjacent to an activating group) is 1. The number of amides is 5. The molecule has 1 aliphatic carbocycles. The van der Waals surface area contributed by atoms with Gasteiger partial charge in [0.25, 0.3) is 5.91 Å². The highest BCUT2D eigenvalue weighted by atomic mass is 16.5. The second kappa shape index (κ2) is 18.7. The van der Waals surface area contributed by atoms with Gasteiger partial charge in [-0.3, -0.25) is 4.79 Å². The zero-order valence-corrected chi connectivity index (χ0v) is 29.7. The van der Waals surface area contributed by atoms with Crippen molar-refractivity contribution in [2.45, 2.75) is 96.4 Å². The van der Waals surface area contributed by atoms with Crippen molar-refractivity contribution < 1.29 is 33.7 Å². The van der Waals surface area contributed by atoms with E-state index in [4.69, 9.17) is 14.2 Å². The van der Waals surface area contributed by atoms with Crippen LogP contribution in [0.3, 0.4) is 0 Å². The second-order valence-corrected chi connectivity index (χ2v) is 13.5. The number of carbonyl (C=O) groups excluding carboxylic acids is 3. The topological polar surface area (TPSA) is 142 Å². The Hall–Kier alpha value is -4.03. The summed E-state index contributed by atoms with van der Waals surface area (Å²) in [6, 6.07) is 11.1. The third-order valence-electron chi connectivity index (χ3n) is 9.39. The molecular formula is C37H55N5O7. The third kappa shape index (κ3) is 11.3. The van der Waals surface area contributed by atoms with E-state index in [9.17, 15) is 19.5 Å². The van der Waals surface area contributed by atoms with Crippen LogP contribution in [-0.4, -0.2) is 97.6 Å². The number of carbonyl (C=O) groups is 3. The van der Waals surface area contributed by atoms with Gasteiger partial charge in [0, 0.05) is 50.1 Å². The molecule has 4 atom stereocenters. The van der Waals surface area contributed by atoms with E-state index in [1.54, 1.807) is 73.3 Å². The van der Waals surface area contributed by atoms with Gasteiger partial charge in [0.15, 0.2) is 0 Å². The molecule has 0 aromatic heterocycles. The maximum atomic E-state index is 14.4. The zero-order chi connectivity index (χ0) is 35.3. The van der Waals surface area contributed by atoms with Crippen molar-refractivity contribution in [3.63, 3.8) is 0 Å². The quantitative estimate of drug-likeness (QED) is 0.264. The van der Waals surface area contributed by atoms with Crippen molar-refractivity contribution in [3.8, 4) is 11.5 Å². The lowest BCUT2D eigenvalue weighted by Gasteiger charge is -2.36. The Balaban J connectivity index is 1.55. The highest BCUT2D eigenvalue weighted by Gasteiger charge is 2.31. The number of anilines is 2. The summed E-state index contributed by atoms with van der Waals surface area (Å²) < 4.78 is 17.9. The maximum Gasteiger partial charge on any atom is 0.323 e. The largest absolute Gasteiger partial charge is 0.497 e. The number of nitrogens with one attached hydrogen (secondary N) is 3. The van der Waals surface area contributed by atoms with Crippen LogP contribution in [0.1, 0.15) is 82.5 Å². The van der Waals surface area contributed by atoms with Gasteiger partial charge in [-0.1, -0.05) is 26.2 Å². The summed E-state index contributed by atoms with van der Waals surface area (Å²) in [5.74, 6) is 0.566. The molecule has 0 spiro atoms. The summed E-state index contributed by atoms with van der Waals surface area (Å²) >= 11 is 0. The van der Waals surface area contributed by atoms with Crippen LogP contribution in [-0.2, 0) is 4.74 Å². The number of nitrogens with zero attached hydrogens (tertiary/aromatic N) is 2. The van der Waals surface area contributed by atoms with Crippen LogP contribution in [0.5, 0.6) is 11.5 Å². The lowest BCUT2D eigenvalue weighted by atomic mass is 9.96. The molecule has 12 nitrogen and oxygen atoms in total. The third-order valence-corrected chi connectivity index (χ3v) is 9.39. The average Bonchev–Trinajstić information content (AvgIpc) is 3.10. The van der Waals surface area contributed by atoms with Crippen molar-refractivity contribution in [3.05, 3.63) is 48.0 Å². The van der Waals surface area contributed by atoms with Gasteiger partial charge in [-0.05, 0) is 88.4 Å². The number of methoxy groups -OCH3 is 1. The molecule has 2 aliphatic rings. The molecule has 2 aromatic rings. The molecule has 1 fully saturated rings. The lowest BCUT2D eigenvalue weighted by Crippen LogP contribution is -2.50. The Morgan fingerprint density at radius 2 is 1.67 bits per heavy atom. The summed E-state index contributed by atoms with van der Waals surface area (Å²) in [6.07, 6.45) is 7.39. The van der Waals surface area contributed by atoms with Crippen LogP contribution in [0.2, 0.25) is 0 Å². The van der Waals surface area contributed by atoms with Gasteiger partial charge >= 0.3 is 12.1 Å². The fourth-order valence-electron chi connectivity index (χ4n) is 6.32. The normalized spacial score (nSPS) is 21.7. The number of aliphatic hydroxyl groups excluding tert-OH is 1. The van der Waals surface area contributed by atoms with Crippen LogP contribution in [0.25, 0.3) is 0 Å². The smallest absolute Gasteiger partial charge is 0.323 e. The Morgan fingerprint density at radius 3 is 2.37 bits per heavy atom. The molecule has 12 heteroatoms. The summed E-state index contributed by atoms with van der Waals surface area (Å²) in [4.78, 5) is 43.7. The number of urea groups is 2. The summed E-state index contributed by atoms with van der Waals surface area (Å²) in [6.45, 7) is 6.68. The predicted octanol–water partition coefficient (Wildman–Crippen LogP) is 6.11. The molecule has 0 unspecified atom stereocenters. The van der Waals surface area contributed by atoms with E-state index in [0.717, 1.165) is 44.9 Å². The Bertz CT molecular complexity index is 1370. The van der Waals surface area contributed by atoms with Crippen molar-refractivity contribution in [1.82, 2.24) is 15.1 Å². The number of aliphatic hydroxyl groups is 1. The molecule has 1 aliphatic heterocycles. The molecule has 0 radical (unpaired) electrons. The van der Waals surface area contributed by atoms with E-state index in [2.05, 4.69) is 16.0 Å². The van der Waals surface area contributed by atoms with Gasteiger partial charge in [0.05, 0.1) is 37.5 Å². The van der Waals surface area contributed by atoms with Crippen LogP contribution in [0.4, 0.5) is 21.0 Å². The summed E-state index contributed by atoms with van der Waals surface area (Å²) in [5.41, 5.74) is 1.27. The molecular weight excluding hydrogens is 626 g/mol. The zero-order valence-electron chi connectivity index (χ0n) is 29.7. The van der Waals surface area contributed by atoms with E-state index in [1.165, 1.54) is 6.42 Å². The fourth-order valence-corrected chi connectivity index (χ4v) is 6.32. The predicted molar refractivity (Wildman–Crippen MR) is 191 cm³/mol. The summed E-state index contributed by atoms with van der Waals surface area (Å²) in [7, 11) is 3.36. The minimum atomic E-state index is -0.518. The van der Waals surface area contributed by atoms with Crippen molar-refractivity contribution in [2.24, 2.45) is 5.92 Å². The van der Waals surface area contributed by atoms with Crippen molar-refractivity contribution in [2.75, 3.05) is 51.1 Å². The van der Waals surface area contributed by atoms with E-state index < -0.39 is 12.1 Å². The standard InChI is InChI=1S/C37H55N5O7/c1-25-22-42(26(2)24-43)35(44)32-21-30(39-36(45)38-29-14-17-31(47-5)18-15-29)16-19-33(32)49-27(3)11-9-10-20-48-34(25)23-41(4)37(46)40-28-12-7-6-8-13-28/h14-19,21,25-28,34,43H,6-13,20,22-24H2,1-5H3,(H,40,46)(H2,38,39,45)/t25-,26-,27-,34-/m1/s1. The average molecular weight is 682 g/mol. The summed E-state index contributed by atoms with van der Waals surface area (Å²) in [5, 5.41) is 19.0. The maximum absolute atomic E-state index is 14.4. The second-order valence-electron chi connectivity index (χ2n) is 13.5. The number of ether oxygens (including phenoxy) is 3. The number of rotatable bonds is 8. The van der Waals surface area contributed by atoms with Gasteiger partial charge < -0.3 is 45.1 Å². The molecule has 49 heavy (non-hydrogen) atoms. The number of hydrogen-bond acceptors (Lipinski definition) is 7. The van der Waals surface area contributed by atoms with Crippen LogP contribution < -0.4 is 25.4 Å². The molecule has 1 heterocycles. The van der Waals surface area contributed by atoms with Gasteiger partial charge in [0.2, 0.25) is 0 Å². The highest BCUT2D eigenvalue weighted by Crippen LogP contribution is 2.29. The van der Waals surface area contributed by atoms with Gasteiger partial charge in [-0.2, -0.15) is 0 Å². The SMILES string of the molecule is COc1ccc(NC(=O)Nc2ccc3c(c2)C(=O)N([C@H](C)CO)C[C@@H](C)[C@@H](CN(C)C(=O)NC2CCCCC2)OCCCC[C@@H](C)O3)cc1. The molecule has 4 N–H and O–H groups in total. The number of hydrogen-bond donors (Lipinski definition) is 4. The molecule has 2 aromatic carbocycles. The minimum Gasteiger partial charge on any atom is -0.497 e. The highest BCUT2D eigenvalue weighted by molar-refractivity contribution is 6.02. The number of benzene rings is 2. The Morgan fingerprint density at radius 1 is 1.00 bits per heavy atom. The molecule has 0 bridgehead atoms. The van der Waals surface area contributed by atoms with Gasteiger partial charge in [0.1, 0.15) is 11.5 Å². The van der Waals surface area contributed by atoms with Crippen LogP contribution in [0, 0.1) is 5.92 Å². The van der Waals surface area contributed by atoms with Crippen LogP contribution >= 0.6 is 0 Å². The molecule has 270 valence electrons. The van der Waals surface area contributed by atoms with Crippen molar-refractivity contribution >= 4 is 29.3 Å². The first-order valence-electron chi connectivity index (χ1n) is 17.7. The van der Waals surface area contributed by atoms with E-state index in [-0.39, 0.29) is 54.8 Å².